The lowest BCUT2D eigenvalue weighted by Gasteiger charge is -2.16. The molecule has 5 heteroatoms. The highest BCUT2D eigenvalue weighted by molar-refractivity contribution is 9.10. The highest BCUT2D eigenvalue weighted by atomic mass is 79.9. The van der Waals surface area contributed by atoms with Gasteiger partial charge in [-0.3, -0.25) is 0 Å². The number of nitrogens with one attached hydrogen (secondary N) is 1. The van der Waals surface area contributed by atoms with Crippen LogP contribution in [-0.2, 0) is 13.2 Å². The first-order valence-corrected chi connectivity index (χ1v) is 7.21. The molecule has 21 heavy (non-hydrogen) atoms. The molecule has 0 bridgehead atoms. The Morgan fingerprint density at radius 2 is 1.86 bits per heavy atom. The Morgan fingerprint density at radius 3 is 2.48 bits per heavy atom. The summed E-state index contributed by atoms with van der Waals surface area (Å²) in [6.45, 7) is 1.25. The van der Waals surface area contributed by atoms with E-state index in [1.165, 1.54) is 0 Å². The van der Waals surface area contributed by atoms with Gasteiger partial charge < -0.3 is 14.8 Å². The molecule has 3 nitrogen and oxygen atoms in total. The summed E-state index contributed by atoms with van der Waals surface area (Å²) < 4.78 is 12.4. The third-order valence-electron chi connectivity index (χ3n) is 2.91. The lowest BCUT2D eigenvalue weighted by molar-refractivity contribution is 0.281. The molecule has 0 saturated carbocycles. The van der Waals surface area contributed by atoms with E-state index in [0.717, 1.165) is 33.6 Å². The molecule has 0 spiro atoms. The number of ether oxygens (including phenoxy) is 2. The van der Waals surface area contributed by atoms with Crippen LogP contribution in [0.1, 0.15) is 11.1 Å². The highest BCUT2D eigenvalue weighted by Crippen LogP contribution is 2.35. The Bertz CT molecular complexity index is 564. The van der Waals surface area contributed by atoms with E-state index in [9.17, 15) is 0 Å². The van der Waals surface area contributed by atoms with Crippen molar-refractivity contribution in [2.45, 2.75) is 13.2 Å². The van der Waals surface area contributed by atoms with Gasteiger partial charge in [0.25, 0.3) is 0 Å². The molecule has 0 aliphatic heterocycles. The number of methoxy groups -OCH3 is 1. The molecule has 0 saturated heterocycles. The first-order chi connectivity index (χ1) is 9.74. The predicted molar refractivity (Wildman–Crippen MR) is 91.5 cm³/mol. The Kier molecular flexibility index (Phi) is 7.57. The van der Waals surface area contributed by atoms with E-state index in [1.54, 1.807) is 7.11 Å². The van der Waals surface area contributed by atoms with Crippen LogP contribution >= 0.6 is 28.3 Å². The Hall–Kier alpha value is -1.23. The third kappa shape index (κ3) is 4.92. The Balaban J connectivity index is 0.00000220. The van der Waals surface area contributed by atoms with E-state index < -0.39 is 0 Å². The Morgan fingerprint density at radius 1 is 1.14 bits per heavy atom. The minimum absolute atomic E-state index is 0. The van der Waals surface area contributed by atoms with E-state index in [0.29, 0.717) is 6.61 Å². The van der Waals surface area contributed by atoms with Gasteiger partial charge in [0.05, 0.1) is 7.11 Å². The molecule has 0 heterocycles. The first-order valence-electron chi connectivity index (χ1n) is 6.42. The number of benzene rings is 2. The lowest BCUT2D eigenvalue weighted by atomic mass is 10.1. The van der Waals surface area contributed by atoms with Crippen LogP contribution in [0.3, 0.4) is 0 Å². The summed E-state index contributed by atoms with van der Waals surface area (Å²) in [5, 5.41) is 3.14. The summed E-state index contributed by atoms with van der Waals surface area (Å²) in [5.74, 6) is 1.52. The van der Waals surface area contributed by atoms with Gasteiger partial charge in [-0.05, 0) is 24.7 Å². The molecule has 2 aromatic carbocycles. The molecule has 0 radical (unpaired) electrons. The van der Waals surface area contributed by atoms with Crippen LogP contribution < -0.4 is 14.8 Å². The summed E-state index contributed by atoms with van der Waals surface area (Å²) in [4.78, 5) is 0. The van der Waals surface area contributed by atoms with E-state index in [2.05, 4.69) is 21.2 Å². The minimum atomic E-state index is 0. The summed E-state index contributed by atoms with van der Waals surface area (Å²) >= 11 is 3.49. The number of hydrogen-bond acceptors (Lipinski definition) is 3. The van der Waals surface area contributed by atoms with E-state index in [1.807, 2.05) is 49.5 Å². The van der Waals surface area contributed by atoms with Gasteiger partial charge in [0.15, 0.2) is 11.5 Å². The van der Waals surface area contributed by atoms with Gasteiger partial charge in [0.1, 0.15) is 6.61 Å². The van der Waals surface area contributed by atoms with Gasteiger partial charge >= 0.3 is 0 Å². The first kappa shape index (κ1) is 17.8. The van der Waals surface area contributed by atoms with Crippen molar-refractivity contribution in [2.75, 3.05) is 14.2 Å². The molecule has 0 atom stereocenters. The second-order valence-electron chi connectivity index (χ2n) is 4.40. The smallest absolute Gasteiger partial charge is 0.166 e. The standard InChI is InChI=1S/C16H18BrNO2.ClH/c1-18-10-13-8-14(17)9-15(19-2)16(13)20-11-12-6-4-3-5-7-12;/h3-9,18H,10-11H2,1-2H3;1H. The van der Waals surface area contributed by atoms with Gasteiger partial charge in [-0.15, -0.1) is 12.4 Å². The number of rotatable bonds is 6. The molecule has 1 N–H and O–H groups in total. The number of hydrogen-bond donors (Lipinski definition) is 1. The molecular weight excluding hydrogens is 354 g/mol. The molecule has 0 fully saturated rings. The van der Waals surface area contributed by atoms with Crippen LogP contribution in [0.2, 0.25) is 0 Å². The van der Waals surface area contributed by atoms with Gasteiger partial charge in [0, 0.05) is 16.6 Å². The molecule has 0 aliphatic carbocycles. The van der Waals surface area contributed by atoms with Crippen LogP contribution in [0.15, 0.2) is 46.9 Å². The summed E-state index contributed by atoms with van der Waals surface area (Å²) in [7, 11) is 3.56. The van der Waals surface area contributed by atoms with E-state index >= 15 is 0 Å². The third-order valence-corrected chi connectivity index (χ3v) is 3.37. The Labute approximate surface area is 140 Å². The van der Waals surface area contributed by atoms with Crippen LogP contribution in [-0.4, -0.2) is 14.2 Å². The van der Waals surface area contributed by atoms with Crippen LogP contribution in [0, 0.1) is 0 Å². The maximum atomic E-state index is 5.97. The largest absolute Gasteiger partial charge is 0.493 e. The molecule has 2 aromatic rings. The summed E-state index contributed by atoms with van der Waals surface area (Å²) in [6.07, 6.45) is 0. The van der Waals surface area contributed by atoms with E-state index in [4.69, 9.17) is 9.47 Å². The molecule has 0 amide bonds. The van der Waals surface area contributed by atoms with Crippen molar-refractivity contribution >= 4 is 28.3 Å². The molecule has 2 rings (SSSR count). The SMILES string of the molecule is CNCc1cc(Br)cc(OC)c1OCc1ccccc1.Cl. The second kappa shape index (κ2) is 8.93. The fourth-order valence-corrected chi connectivity index (χ4v) is 2.47. The molecular formula is C16H19BrClNO2. The quantitative estimate of drug-likeness (QED) is 0.825. The average Bonchev–Trinajstić information content (AvgIpc) is 2.47. The van der Waals surface area contributed by atoms with Crippen LogP contribution in [0.4, 0.5) is 0 Å². The van der Waals surface area contributed by atoms with Gasteiger partial charge in [0.2, 0.25) is 0 Å². The zero-order chi connectivity index (χ0) is 14.4. The zero-order valence-electron chi connectivity index (χ0n) is 12.1. The van der Waals surface area contributed by atoms with Crippen molar-refractivity contribution in [3.63, 3.8) is 0 Å². The minimum Gasteiger partial charge on any atom is -0.493 e. The normalized spacial score (nSPS) is 9.86. The van der Waals surface area contributed by atoms with Crippen molar-refractivity contribution < 1.29 is 9.47 Å². The van der Waals surface area contributed by atoms with Crippen molar-refractivity contribution in [3.05, 3.63) is 58.1 Å². The van der Waals surface area contributed by atoms with Crippen molar-refractivity contribution in [1.82, 2.24) is 5.32 Å². The summed E-state index contributed by atoms with van der Waals surface area (Å²) in [6, 6.07) is 14.1. The van der Waals surface area contributed by atoms with Crippen LogP contribution in [0.5, 0.6) is 11.5 Å². The lowest BCUT2D eigenvalue weighted by Crippen LogP contribution is -2.08. The van der Waals surface area contributed by atoms with Gasteiger partial charge in [-0.25, -0.2) is 0 Å². The van der Waals surface area contributed by atoms with E-state index in [-0.39, 0.29) is 12.4 Å². The molecule has 114 valence electrons. The van der Waals surface area contributed by atoms with Crippen molar-refractivity contribution in [2.24, 2.45) is 0 Å². The maximum Gasteiger partial charge on any atom is 0.166 e. The molecule has 0 aliphatic rings. The summed E-state index contributed by atoms with van der Waals surface area (Å²) in [5.41, 5.74) is 2.20. The maximum absolute atomic E-state index is 5.97. The monoisotopic (exact) mass is 371 g/mol. The number of halogens is 2. The average molecular weight is 373 g/mol. The topological polar surface area (TPSA) is 30.5 Å². The second-order valence-corrected chi connectivity index (χ2v) is 5.32. The fourth-order valence-electron chi connectivity index (χ4n) is 1.99. The zero-order valence-corrected chi connectivity index (χ0v) is 14.5. The molecule has 0 aromatic heterocycles. The molecule has 0 unspecified atom stereocenters. The van der Waals surface area contributed by atoms with Crippen molar-refractivity contribution in [3.8, 4) is 11.5 Å². The predicted octanol–water partition coefficient (Wildman–Crippen LogP) is 4.18. The fraction of sp³-hybridized carbons (Fsp3) is 0.250. The van der Waals surface area contributed by atoms with Crippen LogP contribution in [0.25, 0.3) is 0 Å². The van der Waals surface area contributed by atoms with Gasteiger partial charge in [-0.2, -0.15) is 0 Å². The van der Waals surface area contributed by atoms with Gasteiger partial charge in [-0.1, -0.05) is 46.3 Å². The van der Waals surface area contributed by atoms with Crippen molar-refractivity contribution in [1.29, 1.82) is 0 Å². The highest BCUT2D eigenvalue weighted by Gasteiger charge is 2.12.